The molecular weight excluding hydrogens is 202 g/mol. The molecule has 1 atom stereocenters. The third kappa shape index (κ3) is 2.47. The van der Waals surface area contributed by atoms with Gasteiger partial charge in [-0.05, 0) is 24.5 Å². The summed E-state index contributed by atoms with van der Waals surface area (Å²) < 4.78 is 5.73. The summed E-state index contributed by atoms with van der Waals surface area (Å²) in [5.41, 5.74) is 2.47. The van der Waals surface area contributed by atoms with E-state index in [1.807, 2.05) is 19.1 Å². The molecule has 0 saturated heterocycles. The largest absolute Gasteiger partial charge is 0.491 e. The summed E-state index contributed by atoms with van der Waals surface area (Å²) in [7, 11) is 0. The van der Waals surface area contributed by atoms with E-state index in [0.717, 1.165) is 24.4 Å². The van der Waals surface area contributed by atoms with Crippen LogP contribution in [0.3, 0.4) is 0 Å². The number of aryl methyl sites for hydroxylation is 1. The zero-order valence-electron chi connectivity index (χ0n) is 9.70. The Morgan fingerprint density at radius 2 is 2.38 bits per heavy atom. The predicted octanol–water partition coefficient (Wildman–Crippen LogP) is 2.05. The lowest BCUT2D eigenvalue weighted by Gasteiger charge is -2.21. The molecule has 1 heterocycles. The van der Waals surface area contributed by atoms with Gasteiger partial charge in [-0.2, -0.15) is 0 Å². The van der Waals surface area contributed by atoms with Gasteiger partial charge in [0.1, 0.15) is 5.75 Å². The Hall–Kier alpha value is -1.22. The average molecular weight is 221 g/mol. The number of ether oxygens (including phenoxy) is 1. The molecular formula is C13H19NO2. The van der Waals surface area contributed by atoms with Gasteiger partial charge < -0.3 is 15.2 Å². The summed E-state index contributed by atoms with van der Waals surface area (Å²) in [5, 5.41) is 12.3. The average Bonchev–Trinajstić information content (AvgIpc) is 2.35. The summed E-state index contributed by atoms with van der Waals surface area (Å²) in [6.45, 7) is 3.73. The van der Waals surface area contributed by atoms with Gasteiger partial charge in [-0.1, -0.05) is 19.1 Å². The van der Waals surface area contributed by atoms with Gasteiger partial charge in [-0.15, -0.1) is 0 Å². The van der Waals surface area contributed by atoms with E-state index in [9.17, 15) is 0 Å². The van der Waals surface area contributed by atoms with Crippen molar-refractivity contribution in [3.63, 3.8) is 0 Å². The molecule has 1 aliphatic rings. The van der Waals surface area contributed by atoms with Crippen LogP contribution in [0.25, 0.3) is 0 Å². The van der Waals surface area contributed by atoms with E-state index >= 15 is 0 Å². The lowest BCUT2D eigenvalue weighted by molar-refractivity contribution is 0.174. The standard InChI is InChI=1S/C13H19NO2/c1-10(8-15)9-16-12-6-2-4-11-5-3-7-14-13(11)12/h2,4,6,10,14-15H,3,5,7-9H2,1H3. The van der Waals surface area contributed by atoms with E-state index in [-0.39, 0.29) is 12.5 Å². The molecule has 2 rings (SSSR count). The van der Waals surface area contributed by atoms with Gasteiger partial charge in [-0.3, -0.25) is 0 Å². The van der Waals surface area contributed by atoms with E-state index in [2.05, 4.69) is 11.4 Å². The minimum Gasteiger partial charge on any atom is -0.491 e. The minimum absolute atomic E-state index is 0.169. The Balaban J connectivity index is 2.08. The third-order valence-corrected chi connectivity index (χ3v) is 2.87. The van der Waals surface area contributed by atoms with Crippen LogP contribution in [0.2, 0.25) is 0 Å². The highest BCUT2D eigenvalue weighted by Crippen LogP contribution is 2.32. The van der Waals surface area contributed by atoms with Crippen LogP contribution in [-0.2, 0) is 6.42 Å². The SMILES string of the molecule is CC(CO)COc1cccc2c1NCCC2. The van der Waals surface area contributed by atoms with Crippen molar-refractivity contribution in [1.82, 2.24) is 0 Å². The summed E-state index contributed by atoms with van der Waals surface area (Å²) in [6, 6.07) is 6.16. The van der Waals surface area contributed by atoms with E-state index in [1.165, 1.54) is 12.0 Å². The molecule has 3 nitrogen and oxygen atoms in total. The molecule has 1 aliphatic heterocycles. The summed E-state index contributed by atoms with van der Waals surface area (Å²) in [6.07, 6.45) is 2.30. The third-order valence-electron chi connectivity index (χ3n) is 2.87. The van der Waals surface area contributed by atoms with Crippen LogP contribution in [0.4, 0.5) is 5.69 Å². The number of aliphatic hydroxyl groups is 1. The van der Waals surface area contributed by atoms with Crippen molar-refractivity contribution < 1.29 is 9.84 Å². The van der Waals surface area contributed by atoms with Crippen LogP contribution in [0.1, 0.15) is 18.9 Å². The van der Waals surface area contributed by atoms with Gasteiger partial charge >= 0.3 is 0 Å². The van der Waals surface area contributed by atoms with Crippen LogP contribution >= 0.6 is 0 Å². The van der Waals surface area contributed by atoms with Gasteiger partial charge in [0.25, 0.3) is 0 Å². The molecule has 16 heavy (non-hydrogen) atoms. The van der Waals surface area contributed by atoms with Gasteiger partial charge in [0.2, 0.25) is 0 Å². The first-order valence-corrected chi connectivity index (χ1v) is 5.90. The Kier molecular flexibility index (Phi) is 3.67. The molecule has 0 spiro atoms. The molecule has 0 bridgehead atoms. The van der Waals surface area contributed by atoms with E-state index in [0.29, 0.717) is 6.61 Å². The Labute approximate surface area is 96.4 Å². The zero-order chi connectivity index (χ0) is 11.4. The number of para-hydroxylation sites is 1. The van der Waals surface area contributed by atoms with Crippen LogP contribution in [-0.4, -0.2) is 24.9 Å². The summed E-state index contributed by atoms with van der Waals surface area (Å²) in [4.78, 5) is 0. The number of hydrogen-bond donors (Lipinski definition) is 2. The summed E-state index contributed by atoms with van der Waals surface area (Å²) >= 11 is 0. The molecule has 1 unspecified atom stereocenters. The van der Waals surface area contributed by atoms with Crippen LogP contribution in [0.15, 0.2) is 18.2 Å². The topological polar surface area (TPSA) is 41.5 Å². The molecule has 2 N–H and O–H groups in total. The maximum Gasteiger partial charge on any atom is 0.142 e. The van der Waals surface area contributed by atoms with Crippen molar-refractivity contribution in [2.45, 2.75) is 19.8 Å². The maximum absolute atomic E-state index is 8.96. The van der Waals surface area contributed by atoms with Crippen LogP contribution in [0.5, 0.6) is 5.75 Å². The predicted molar refractivity (Wildman–Crippen MR) is 65.0 cm³/mol. The van der Waals surface area contributed by atoms with Crippen LogP contribution in [0, 0.1) is 5.92 Å². The summed E-state index contributed by atoms with van der Waals surface area (Å²) in [5.74, 6) is 1.09. The van der Waals surface area contributed by atoms with Gasteiger partial charge in [-0.25, -0.2) is 0 Å². The number of rotatable bonds is 4. The number of benzene rings is 1. The van der Waals surface area contributed by atoms with Crippen molar-refractivity contribution >= 4 is 5.69 Å². The Morgan fingerprint density at radius 1 is 1.50 bits per heavy atom. The fraction of sp³-hybridized carbons (Fsp3) is 0.538. The highest BCUT2D eigenvalue weighted by Gasteiger charge is 2.13. The van der Waals surface area contributed by atoms with Crippen LogP contribution < -0.4 is 10.1 Å². The highest BCUT2D eigenvalue weighted by molar-refractivity contribution is 5.63. The second kappa shape index (κ2) is 5.21. The molecule has 0 fully saturated rings. The van der Waals surface area contributed by atoms with Gasteiger partial charge in [0, 0.05) is 19.1 Å². The monoisotopic (exact) mass is 221 g/mol. The molecule has 1 aromatic rings. The lowest BCUT2D eigenvalue weighted by Crippen LogP contribution is -2.16. The first kappa shape index (κ1) is 11.3. The molecule has 3 heteroatoms. The smallest absolute Gasteiger partial charge is 0.142 e. The molecule has 1 aromatic carbocycles. The number of nitrogens with one attached hydrogen (secondary N) is 1. The fourth-order valence-electron chi connectivity index (χ4n) is 1.88. The van der Waals surface area contributed by atoms with Crippen molar-refractivity contribution in [2.75, 3.05) is 25.1 Å². The van der Waals surface area contributed by atoms with Crippen molar-refractivity contribution in [3.8, 4) is 5.75 Å². The lowest BCUT2D eigenvalue weighted by atomic mass is 10.0. The molecule has 0 saturated carbocycles. The second-order valence-corrected chi connectivity index (χ2v) is 4.42. The number of fused-ring (bicyclic) bond motifs is 1. The van der Waals surface area contributed by atoms with Gasteiger partial charge in [0.15, 0.2) is 0 Å². The first-order valence-electron chi connectivity index (χ1n) is 5.90. The molecule has 0 radical (unpaired) electrons. The highest BCUT2D eigenvalue weighted by atomic mass is 16.5. The van der Waals surface area contributed by atoms with Crippen molar-refractivity contribution in [3.05, 3.63) is 23.8 Å². The normalized spacial score (nSPS) is 16.1. The number of anilines is 1. The molecule has 0 aromatic heterocycles. The van der Waals surface area contributed by atoms with Crippen molar-refractivity contribution in [1.29, 1.82) is 0 Å². The molecule has 88 valence electrons. The fourth-order valence-corrected chi connectivity index (χ4v) is 1.88. The van der Waals surface area contributed by atoms with Gasteiger partial charge in [0.05, 0.1) is 12.3 Å². The number of hydrogen-bond acceptors (Lipinski definition) is 3. The second-order valence-electron chi connectivity index (χ2n) is 4.42. The van der Waals surface area contributed by atoms with Crippen molar-refractivity contribution in [2.24, 2.45) is 5.92 Å². The van der Waals surface area contributed by atoms with E-state index in [4.69, 9.17) is 9.84 Å². The van der Waals surface area contributed by atoms with E-state index in [1.54, 1.807) is 0 Å². The quantitative estimate of drug-likeness (QED) is 0.817. The zero-order valence-corrected chi connectivity index (χ0v) is 9.70. The molecule has 0 amide bonds. The number of aliphatic hydroxyl groups excluding tert-OH is 1. The first-order chi connectivity index (χ1) is 7.81. The molecule has 0 aliphatic carbocycles. The van der Waals surface area contributed by atoms with E-state index < -0.39 is 0 Å². The maximum atomic E-state index is 8.96. The Bertz CT molecular complexity index is 352. The minimum atomic E-state index is 0.169. The Morgan fingerprint density at radius 3 is 3.19 bits per heavy atom.